The van der Waals surface area contributed by atoms with Gasteiger partial charge in [-0.3, -0.25) is 14.5 Å². The third-order valence-electron chi connectivity index (χ3n) is 5.83. The minimum absolute atomic E-state index is 0.00400. The van der Waals surface area contributed by atoms with Crippen molar-refractivity contribution in [1.82, 2.24) is 15.1 Å². The van der Waals surface area contributed by atoms with Crippen molar-refractivity contribution in [3.8, 4) is 0 Å². The summed E-state index contributed by atoms with van der Waals surface area (Å²) in [6.07, 6.45) is 2.88. The van der Waals surface area contributed by atoms with Crippen LogP contribution >= 0.6 is 0 Å². The maximum Gasteiger partial charge on any atom is 0.249 e. The Balaban J connectivity index is 1.46. The number of ether oxygens (including phenoxy) is 1. The fourth-order valence-corrected chi connectivity index (χ4v) is 4.39. The molecule has 0 radical (unpaired) electrons. The minimum atomic E-state index is 0.00400. The van der Waals surface area contributed by atoms with E-state index in [1.165, 1.54) is 5.56 Å². The number of hydroxylamine groups is 2. The van der Waals surface area contributed by atoms with Gasteiger partial charge in [0.05, 0.1) is 24.9 Å². The number of aromatic nitrogens is 1. The Labute approximate surface area is 148 Å². The first-order valence-corrected chi connectivity index (χ1v) is 9.33. The van der Waals surface area contributed by atoms with Crippen LogP contribution in [-0.4, -0.2) is 60.0 Å². The number of nitrogens with zero attached hydrogens (tertiary/aromatic N) is 3. The molecule has 0 unspecified atom stereocenters. The predicted octanol–water partition coefficient (Wildman–Crippen LogP) is 1.68. The van der Waals surface area contributed by atoms with E-state index in [0.29, 0.717) is 13.2 Å². The first-order chi connectivity index (χ1) is 12.1. The summed E-state index contributed by atoms with van der Waals surface area (Å²) < 4.78 is 11.3. The van der Waals surface area contributed by atoms with E-state index in [4.69, 9.17) is 14.1 Å². The van der Waals surface area contributed by atoms with Crippen molar-refractivity contribution in [1.29, 1.82) is 0 Å². The van der Waals surface area contributed by atoms with Crippen molar-refractivity contribution >= 4 is 5.91 Å². The second kappa shape index (κ2) is 7.05. The summed E-state index contributed by atoms with van der Waals surface area (Å²) in [5, 5.41) is 5.64. The normalized spacial score (nSPS) is 30.5. The fraction of sp³-hybridized carbons (Fsp3) is 0.778. The molecule has 0 bridgehead atoms. The van der Waals surface area contributed by atoms with E-state index in [-0.39, 0.29) is 23.8 Å². The molecule has 138 valence electrons. The fourth-order valence-electron chi connectivity index (χ4n) is 4.39. The lowest BCUT2D eigenvalue weighted by atomic mass is 9.78. The topological polar surface area (TPSA) is 68.0 Å². The molecule has 1 aromatic rings. The third-order valence-corrected chi connectivity index (χ3v) is 5.83. The van der Waals surface area contributed by atoms with Crippen LogP contribution in [0.15, 0.2) is 4.52 Å². The maximum atomic E-state index is 12.9. The summed E-state index contributed by atoms with van der Waals surface area (Å²) in [5.74, 6) is 1.27. The van der Waals surface area contributed by atoms with Crippen LogP contribution in [-0.2, 0) is 20.9 Å². The molecule has 3 saturated heterocycles. The molecule has 3 atom stereocenters. The SMILES string of the molecule is Cc1noc(C)c1CN1CC[C@H]2OCC[C@@H](C(=O)N3CCCO3)[C@@H]2C1. The second-order valence-corrected chi connectivity index (χ2v) is 7.42. The molecule has 0 aliphatic carbocycles. The van der Waals surface area contributed by atoms with Crippen LogP contribution in [0, 0.1) is 25.7 Å². The zero-order valence-corrected chi connectivity index (χ0v) is 15.1. The lowest BCUT2D eigenvalue weighted by Gasteiger charge is -2.45. The van der Waals surface area contributed by atoms with Crippen LogP contribution in [0.25, 0.3) is 0 Å². The van der Waals surface area contributed by atoms with Gasteiger partial charge in [0.1, 0.15) is 5.76 Å². The molecule has 0 spiro atoms. The van der Waals surface area contributed by atoms with Gasteiger partial charge in [-0.15, -0.1) is 0 Å². The van der Waals surface area contributed by atoms with Crippen molar-refractivity contribution in [2.45, 2.75) is 45.8 Å². The smallest absolute Gasteiger partial charge is 0.249 e. The third kappa shape index (κ3) is 3.32. The van der Waals surface area contributed by atoms with E-state index >= 15 is 0 Å². The van der Waals surface area contributed by atoms with Crippen LogP contribution in [0.4, 0.5) is 0 Å². The molecule has 3 aliphatic heterocycles. The largest absolute Gasteiger partial charge is 0.378 e. The average molecular weight is 349 g/mol. The van der Waals surface area contributed by atoms with Gasteiger partial charge in [-0.25, -0.2) is 5.06 Å². The van der Waals surface area contributed by atoms with Crippen LogP contribution < -0.4 is 0 Å². The molecule has 1 aromatic heterocycles. The molecule has 7 heteroatoms. The molecule has 3 aliphatic rings. The molecule has 1 amide bonds. The molecular formula is C18H27N3O4. The monoisotopic (exact) mass is 349 g/mol. The number of aryl methyl sites for hydroxylation is 2. The molecule has 0 N–H and O–H groups in total. The standard InChI is InChI=1S/C18H27N3O4/c1-12-15(13(2)25-19-12)10-20-7-4-17-16(11-20)14(5-9-23-17)18(22)21-6-3-8-24-21/h14,16-17H,3-11H2,1-2H3/t14-,16+,17-/m1/s1. The Morgan fingerprint density at radius 1 is 1.24 bits per heavy atom. The summed E-state index contributed by atoms with van der Waals surface area (Å²) in [6, 6.07) is 0. The van der Waals surface area contributed by atoms with Gasteiger partial charge in [0.2, 0.25) is 5.91 Å². The lowest BCUT2D eigenvalue weighted by Crippen LogP contribution is -2.53. The Morgan fingerprint density at radius 2 is 2.12 bits per heavy atom. The molecule has 4 rings (SSSR count). The second-order valence-electron chi connectivity index (χ2n) is 7.42. The highest BCUT2D eigenvalue weighted by molar-refractivity contribution is 5.78. The van der Waals surface area contributed by atoms with E-state index in [1.807, 2.05) is 13.8 Å². The highest BCUT2D eigenvalue weighted by Gasteiger charge is 2.43. The minimum Gasteiger partial charge on any atom is -0.378 e. The van der Waals surface area contributed by atoms with Crippen molar-refractivity contribution in [3.05, 3.63) is 17.0 Å². The highest BCUT2D eigenvalue weighted by atomic mass is 16.7. The van der Waals surface area contributed by atoms with Crippen molar-refractivity contribution in [2.24, 2.45) is 11.8 Å². The molecule has 3 fully saturated rings. The molecular weight excluding hydrogens is 322 g/mol. The van der Waals surface area contributed by atoms with Crippen LogP contribution in [0.5, 0.6) is 0 Å². The zero-order valence-electron chi connectivity index (χ0n) is 15.1. The van der Waals surface area contributed by atoms with Crippen molar-refractivity contribution in [3.63, 3.8) is 0 Å². The molecule has 0 saturated carbocycles. The summed E-state index contributed by atoms with van der Waals surface area (Å²) in [5.41, 5.74) is 2.12. The van der Waals surface area contributed by atoms with Crippen LogP contribution in [0.3, 0.4) is 0 Å². The predicted molar refractivity (Wildman–Crippen MR) is 89.5 cm³/mol. The number of fused-ring (bicyclic) bond motifs is 1. The van der Waals surface area contributed by atoms with Gasteiger partial charge in [0, 0.05) is 43.6 Å². The summed E-state index contributed by atoms with van der Waals surface area (Å²) in [7, 11) is 0. The number of likely N-dealkylation sites (tertiary alicyclic amines) is 1. The average Bonchev–Trinajstić information content (AvgIpc) is 3.26. The van der Waals surface area contributed by atoms with Crippen molar-refractivity contribution in [2.75, 3.05) is 32.8 Å². The van der Waals surface area contributed by atoms with Gasteiger partial charge in [0.15, 0.2) is 0 Å². The van der Waals surface area contributed by atoms with Gasteiger partial charge in [-0.2, -0.15) is 0 Å². The Bertz CT molecular complexity index is 606. The van der Waals surface area contributed by atoms with Crippen LogP contribution in [0.2, 0.25) is 0 Å². The summed E-state index contributed by atoms with van der Waals surface area (Å²) in [6.45, 7) is 8.67. The molecule has 4 heterocycles. The van der Waals surface area contributed by atoms with Gasteiger partial charge in [-0.05, 0) is 33.1 Å². The summed E-state index contributed by atoms with van der Waals surface area (Å²) in [4.78, 5) is 20.8. The molecule has 0 aromatic carbocycles. The van der Waals surface area contributed by atoms with Gasteiger partial charge in [0.25, 0.3) is 0 Å². The zero-order chi connectivity index (χ0) is 17.4. The first kappa shape index (κ1) is 17.0. The maximum absolute atomic E-state index is 12.9. The first-order valence-electron chi connectivity index (χ1n) is 9.33. The summed E-state index contributed by atoms with van der Waals surface area (Å²) >= 11 is 0. The van der Waals surface area contributed by atoms with E-state index in [1.54, 1.807) is 5.06 Å². The number of hydrogen-bond donors (Lipinski definition) is 0. The van der Waals surface area contributed by atoms with E-state index < -0.39 is 0 Å². The number of piperidine rings is 1. The van der Waals surface area contributed by atoms with Crippen molar-refractivity contribution < 1.29 is 18.9 Å². The number of carbonyl (C=O) groups excluding carboxylic acids is 1. The lowest BCUT2D eigenvalue weighted by molar-refractivity contribution is -0.185. The Kier molecular flexibility index (Phi) is 4.80. The number of amides is 1. The molecule has 7 nitrogen and oxygen atoms in total. The number of rotatable bonds is 3. The number of carbonyl (C=O) groups is 1. The highest BCUT2D eigenvalue weighted by Crippen LogP contribution is 2.35. The quantitative estimate of drug-likeness (QED) is 0.827. The molecule has 25 heavy (non-hydrogen) atoms. The Hall–Kier alpha value is -1.44. The number of hydrogen-bond acceptors (Lipinski definition) is 6. The van der Waals surface area contributed by atoms with Gasteiger partial charge >= 0.3 is 0 Å². The van der Waals surface area contributed by atoms with Gasteiger partial charge < -0.3 is 9.26 Å². The van der Waals surface area contributed by atoms with Gasteiger partial charge in [-0.1, -0.05) is 5.16 Å². The van der Waals surface area contributed by atoms with E-state index in [9.17, 15) is 4.79 Å². The van der Waals surface area contributed by atoms with E-state index in [2.05, 4.69) is 10.1 Å². The Morgan fingerprint density at radius 3 is 2.84 bits per heavy atom. The van der Waals surface area contributed by atoms with E-state index in [0.717, 1.165) is 56.9 Å². The van der Waals surface area contributed by atoms with Crippen LogP contribution in [0.1, 0.15) is 36.3 Å².